The van der Waals surface area contributed by atoms with Crippen molar-refractivity contribution >= 4 is 11.6 Å². The summed E-state index contributed by atoms with van der Waals surface area (Å²) in [6, 6.07) is 3.05. The fourth-order valence-electron chi connectivity index (χ4n) is 2.00. The van der Waals surface area contributed by atoms with Crippen molar-refractivity contribution in [1.82, 2.24) is 0 Å². The van der Waals surface area contributed by atoms with Crippen LogP contribution in [0.2, 0.25) is 5.02 Å². The van der Waals surface area contributed by atoms with Gasteiger partial charge in [0.2, 0.25) is 0 Å². The van der Waals surface area contributed by atoms with Gasteiger partial charge in [-0.2, -0.15) is 0 Å². The van der Waals surface area contributed by atoms with E-state index >= 15 is 0 Å². The highest BCUT2D eigenvalue weighted by molar-refractivity contribution is 6.31. The molecule has 1 aromatic rings. The number of hydrogen-bond acceptors (Lipinski definition) is 1. The first-order valence-electron chi connectivity index (χ1n) is 4.41. The van der Waals surface area contributed by atoms with Gasteiger partial charge in [0.15, 0.2) is 0 Å². The molecule has 0 aromatic heterocycles. The van der Waals surface area contributed by atoms with Crippen molar-refractivity contribution in [3.8, 4) is 0 Å². The summed E-state index contributed by atoms with van der Waals surface area (Å²) in [5, 5.41) is 0.657. The lowest BCUT2D eigenvalue weighted by Gasteiger charge is -2.10. The van der Waals surface area contributed by atoms with Crippen molar-refractivity contribution in [3.63, 3.8) is 0 Å². The minimum atomic E-state index is -0.143. The van der Waals surface area contributed by atoms with Crippen LogP contribution in [0.25, 0.3) is 0 Å². The van der Waals surface area contributed by atoms with Gasteiger partial charge in [-0.3, -0.25) is 0 Å². The van der Waals surface area contributed by atoms with Crippen LogP contribution in [0.4, 0.5) is 4.39 Å². The molecular weight excluding hydrogens is 189 g/mol. The molecule has 1 aliphatic rings. The molecule has 0 fully saturated rings. The fraction of sp³-hybridized carbons (Fsp3) is 0.400. The van der Waals surface area contributed by atoms with Gasteiger partial charge in [-0.25, -0.2) is 4.39 Å². The van der Waals surface area contributed by atoms with E-state index in [2.05, 4.69) is 0 Å². The highest BCUT2D eigenvalue weighted by Gasteiger charge is 2.26. The average molecular weight is 200 g/mol. The molecule has 1 nitrogen and oxygen atoms in total. The summed E-state index contributed by atoms with van der Waals surface area (Å²) in [5.41, 5.74) is 7.29. The molecule has 0 radical (unpaired) electrons. The van der Waals surface area contributed by atoms with E-state index in [0.29, 0.717) is 11.6 Å². The van der Waals surface area contributed by atoms with Crippen molar-refractivity contribution < 1.29 is 4.39 Å². The van der Waals surface area contributed by atoms with E-state index in [4.69, 9.17) is 17.3 Å². The van der Waals surface area contributed by atoms with Gasteiger partial charge in [0.05, 0.1) is 0 Å². The third-order valence-corrected chi connectivity index (χ3v) is 3.01. The summed E-state index contributed by atoms with van der Waals surface area (Å²) in [5.74, 6) is 0.105. The Morgan fingerprint density at radius 3 is 3.00 bits per heavy atom. The largest absolute Gasteiger partial charge is 0.330 e. The second-order valence-electron chi connectivity index (χ2n) is 3.39. The number of hydrogen-bond donors (Lipinski definition) is 1. The highest BCUT2D eigenvalue weighted by Crippen LogP contribution is 2.38. The molecule has 2 N–H and O–H groups in total. The molecule has 0 spiro atoms. The zero-order valence-electron chi connectivity index (χ0n) is 7.19. The molecule has 70 valence electrons. The van der Waals surface area contributed by atoms with Gasteiger partial charge < -0.3 is 5.73 Å². The molecule has 0 aliphatic heterocycles. The van der Waals surface area contributed by atoms with Crippen LogP contribution in [0, 0.1) is 5.82 Å². The maximum atomic E-state index is 13.3. The zero-order valence-corrected chi connectivity index (χ0v) is 7.94. The van der Waals surface area contributed by atoms with E-state index in [9.17, 15) is 4.39 Å². The van der Waals surface area contributed by atoms with E-state index in [1.54, 1.807) is 6.07 Å². The Morgan fingerprint density at radius 2 is 2.31 bits per heavy atom. The van der Waals surface area contributed by atoms with E-state index in [0.717, 1.165) is 24.0 Å². The van der Waals surface area contributed by atoms with Gasteiger partial charge in [-0.15, -0.1) is 0 Å². The topological polar surface area (TPSA) is 26.0 Å². The van der Waals surface area contributed by atoms with Crippen LogP contribution in [0.5, 0.6) is 0 Å². The molecule has 1 atom stereocenters. The van der Waals surface area contributed by atoms with Crippen molar-refractivity contribution in [1.29, 1.82) is 0 Å². The first-order chi connectivity index (χ1) is 6.24. The number of benzene rings is 1. The first-order valence-corrected chi connectivity index (χ1v) is 4.78. The third-order valence-electron chi connectivity index (χ3n) is 2.68. The quantitative estimate of drug-likeness (QED) is 0.739. The monoisotopic (exact) mass is 199 g/mol. The number of fused-ring (bicyclic) bond motifs is 1. The Morgan fingerprint density at radius 1 is 1.54 bits per heavy atom. The molecule has 0 saturated carbocycles. The summed E-state index contributed by atoms with van der Waals surface area (Å²) in [6.45, 7) is 0.552. The van der Waals surface area contributed by atoms with Crippen molar-refractivity contribution in [2.24, 2.45) is 5.73 Å². The lowest BCUT2D eigenvalue weighted by molar-refractivity contribution is 0.612. The Hall–Kier alpha value is -0.600. The maximum absolute atomic E-state index is 13.3. The lowest BCUT2D eigenvalue weighted by Crippen LogP contribution is -2.09. The van der Waals surface area contributed by atoms with Gasteiger partial charge in [0.1, 0.15) is 5.82 Å². The van der Waals surface area contributed by atoms with Crippen LogP contribution < -0.4 is 5.73 Å². The maximum Gasteiger partial charge on any atom is 0.126 e. The van der Waals surface area contributed by atoms with Gasteiger partial charge in [-0.1, -0.05) is 11.6 Å². The van der Waals surface area contributed by atoms with Crippen molar-refractivity contribution in [2.75, 3.05) is 6.54 Å². The molecule has 0 heterocycles. The van der Waals surface area contributed by atoms with Crippen LogP contribution in [0.1, 0.15) is 23.5 Å². The van der Waals surface area contributed by atoms with E-state index in [1.807, 2.05) is 0 Å². The Bertz CT molecular complexity index is 338. The predicted molar refractivity (Wildman–Crippen MR) is 51.5 cm³/mol. The number of rotatable bonds is 1. The van der Waals surface area contributed by atoms with Gasteiger partial charge in [0, 0.05) is 5.02 Å². The molecule has 3 heteroatoms. The molecular formula is C10H11ClFN. The van der Waals surface area contributed by atoms with Crippen molar-refractivity contribution in [2.45, 2.75) is 18.8 Å². The normalized spacial score (nSPS) is 20.4. The predicted octanol–water partition coefficient (Wildman–Crippen LogP) is 2.47. The standard InChI is InChI=1S/C10H11ClFN/c11-8-3-4-9(12)7-2-1-6(5-13)10(7)8/h3-4,6H,1-2,5,13H2. The van der Waals surface area contributed by atoms with Gasteiger partial charge in [0.25, 0.3) is 0 Å². The summed E-state index contributed by atoms with van der Waals surface area (Å²) in [7, 11) is 0. The molecule has 13 heavy (non-hydrogen) atoms. The molecule has 1 aliphatic carbocycles. The zero-order chi connectivity index (χ0) is 9.42. The first kappa shape index (κ1) is 8.97. The Kier molecular flexibility index (Phi) is 2.26. The minimum absolute atomic E-state index is 0.143. The smallest absolute Gasteiger partial charge is 0.126 e. The van der Waals surface area contributed by atoms with Crippen LogP contribution in [-0.2, 0) is 6.42 Å². The Balaban J connectivity index is 2.55. The van der Waals surface area contributed by atoms with Gasteiger partial charge in [-0.05, 0) is 48.6 Å². The van der Waals surface area contributed by atoms with Crippen LogP contribution in [-0.4, -0.2) is 6.54 Å². The van der Waals surface area contributed by atoms with Crippen LogP contribution >= 0.6 is 11.6 Å². The minimum Gasteiger partial charge on any atom is -0.330 e. The van der Waals surface area contributed by atoms with Crippen molar-refractivity contribution in [3.05, 3.63) is 34.1 Å². The van der Waals surface area contributed by atoms with Crippen LogP contribution in [0.15, 0.2) is 12.1 Å². The Labute approximate surface area is 81.7 Å². The molecule has 1 aromatic carbocycles. The molecule has 2 rings (SSSR count). The van der Waals surface area contributed by atoms with E-state index in [1.165, 1.54) is 6.07 Å². The van der Waals surface area contributed by atoms with Gasteiger partial charge >= 0.3 is 0 Å². The third kappa shape index (κ3) is 1.34. The number of halogens is 2. The second-order valence-corrected chi connectivity index (χ2v) is 3.80. The average Bonchev–Trinajstić information content (AvgIpc) is 2.56. The molecule has 0 amide bonds. The fourth-order valence-corrected chi connectivity index (χ4v) is 2.33. The lowest BCUT2D eigenvalue weighted by atomic mass is 10.0. The number of nitrogens with two attached hydrogens (primary N) is 1. The summed E-state index contributed by atoms with van der Waals surface area (Å²) >= 11 is 5.99. The van der Waals surface area contributed by atoms with Crippen LogP contribution in [0.3, 0.4) is 0 Å². The highest BCUT2D eigenvalue weighted by atomic mass is 35.5. The second kappa shape index (κ2) is 3.28. The SMILES string of the molecule is NCC1CCc2c(F)ccc(Cl)c21. The summed E-state index contributed by atoms with van der Waals surface area (Å²) in [4.78, 5) is 0. The summed E-state index contributed by atoms with van der Waals surface area (Å²) in [6.07, 6.45) is 1.69. The summed E-state index contributed by atoms with van der Waals surface area (Å²) < 4.78 is 13.3. The van der Waals surface area contributed by atoms with E-state index < -0.39 is 0 Å². The molecule has 1 unspecified atom stereocenters. The molecule has 0 bridgehead atoms. The molecule has 0 saturated heterocycles. The van der Waals surface area contributed by atoms with E-state index in [-0.39, 0.29) is 11.7 Å².